The quantitative estimate of drug-likeness (QED) is 0.492. The molecule has 0 amide bonds. The Morgan fingerprint density at radius 1 is 0.960 bits per heavy atom. The first-order valence-corrected chi connectivity index (χ1v) is 6.85. The van der Waals surface area contributed by atoms with E-state index in [0.717, 1.165) is 12.0 Å². The van der Waals surface area contributed by atoms with Gasteiger partial charge in [-0.25, -0.2) is 4.79 Å². The Kier molecular flexibility index (Phi) is 17.3. The molecule has 0 saturated heterocycles. The molecule has 0 fully saturated rings. The van der Waals surface area contributed by atoms with Crippen molar-refractivity contribution in [1.29, 1.82) is 0 Å². The number of carboxylic acids is 1. The van der Waals surface area contributed by atoms with Crippen molar-refractivity contribution in [2.75, 3.05) is 6.61 Å². The molecule has 0 aromatic heterocycles. The average molecular weight is 415 g/mol. The molecule has 25 heavy (non-hydrogen) atoms. The molecule has 2 rings (SSSR count). The average Bonchev–Trinajstić information content (AvgIpc) is 2.49. The summed E-state index contributed by atoms with van der Waals surface area (Å²) in [6.07, 6.45) is -1.56. The fourth-order valence-corrected chi connectivity index (χ4v) is 1.76. The molecule has 0 atom stereocenters. The van der Waals surface area contributed by atoms with E-state index < -0.39 is 12.1 Å². The minimum absolute atomic E-state index is 0. The van der Waals surface area contributed by atoms with Crippen LogP contribution in [0.2, 0.25) is 5.02 Å². The Morgan fingerprint density at radius 2 is 1.44 bits per heavy atom. The molecule has 0 saturated carbocycles. The van der Waals surface area contributed by atoms with Crippen molar-refractivity contribution < 1.29 is 132 Å². The van der Waals surface area contributed by atoms with E-state index in [-0.39, 0.29) is 108 Å². The SMILES string of the molecule is O=C(O)c1ccc(OCCc2ccc(Cl)cc2)cc1.O=C([O-])[O-].[K+].[K+]. The van der Waals surface area contributed by atoms with Gasteiger partial charge in [-0.1, -0.05) is 23.7 Å². The standard InChI is InChI=1S/C15H13ClO3.CH2O3.2K/c16-13-5-1-11(2-6-13)9-10-19-14-7-3-12(4-8-14)15(17)18;2-1(3)4;;/h1-8H,9-10H2,(H,17,18);(H2,2,3,4);;/q;;2*+1/p-2. The summed E-state index contributed by atoms with van der Waals surface area (Å²) in [6.45, 7) is 0.536. The number of hydrogen-bond donors (Lipinski definition) is 1. The van der Waals surface area contributed by atoms with E-state index >= 15 is 0 Å². The maximum atomic E-state index is 10.7. The van der Waals surface area contributed by atoms with Crippen molar-refractivity contribution in [3.8, 4) is 5.75 Å². The summed E-state index contributed by atoms with van der Waals surface area (Å²) in [5.74, 6) is -0.272. The van der Waals surface area contributed by atoms with Crippen molar-refractivity contribution >= 4 is 23.7 Å². The van der Waals surface area contributed by atoms with E-state index in [1.54, 1.807) is 12.1 Å². The zero-order valence-corrected chi connectivity index (χ0v) is 20.9. The van der Waals surface area contributed by atoms with E-state index in [1.165, 1.54) is 12.1 Å². The molecule has 0 aliphatic rings. The van der Waals surface area contributed by atoms with Crippen LogP contribution in [0.15, 0.2) is 48.5 Å². The number of aromatic carboxylic acids is 1. The van der Waals surface area contributed by atoms with Gasteiger partial charge in [0.05, 0.1) is 12.2 Å². The maximum absolute atomic E-state index is 10.7. The molecule has 2 aromatic rings. The largest absolute Gasteiger partial charge is 1.00 e. The van der Waals surface area contributed by atoms with Crippen molar-refractivity contribution in [3.05, 3.63) is 64.7 Å². The predicted molar refractivity (Wildman–Crippen MR) is 79.4 cm³/mol. The summed E-state index contributed by atoms with van der Waals surface area (Å²) in [4.78, 5) is 19.0. The van der Waals surface area contributed by atoms with Gasteiger partial charge in [0, 0.05) is 11.4 Å². The van der Waals surface area contributed by atoms with Crippen molar-refractivity contribution in [2.24, 2.45) is 0 Å². The van der Waals surface area contributed by atoms with Crippen molar-refractivity contribution in [3.63, 3.8) is 0 Å². The van der Waals surface area contributed by atoms with E-state index in [9.17, 15) is 4.79 Å². The van der Waals surface area contributed by atoms with E-state index in [1.807, 2.05) is 24.3 Å². The second-order valence-electron chi connectivity index (χ2n) is 4.30. The Bertz CT molecular complexity index is 643. The summed E-state index contributed by atoms with van der Waals surface area (Å²) >= 11 is 5.80. The molecule has 0 heterocycles. The third-order valence-corrected chi connectivity index (χ3v) is 2.93. The van der Waals surface area contributed by atoms with E-state index in [0.29, 0.717) is 17.4 Å². The minimum atomic E-state index is -2.33. The predicted octanol–water partition coefficient (Wildman–Crippen LogP) is -4.78. The van der Waals surface area contributed by atoms with Crippen LogP contribution in [-0.2, 0) is 6.42 Å². The number of carbonyl (C=O) groups is 2. The normalized spacial score (nSPS) is 8.68. The summed E-state index contributed by atoms with van der Waals surface area (Å²) in [5, 5.41) is 26.2. The van der Waals surface area contributed by atoms with E-state index in [4.69, 9.17) is 36.5 Å². The van der Waals surface area contributed by atoms with Gasteiger partial charge in [0.25, 0.3) is 0 Å². The second kappa shape index (κ2) is 15.6. The molecule has 0 aliphatic heterocycles. The van der Waals surface area contributed by atoms with Crippen LogP contribution < -0.4 is 118 Å². The number of benzene rings is 2. The van der Waals surface area contributed by atoms with Gasteiger partial charge in [-0.3, -0.25) is 0 Å². The van der Waals surface area contributed by atoms with Gasteiger partial charge in [-0.2, -0.15) is 0 Å². The fourth-order valence-electron chi connectivity index (χ4n) is 1.63. The smallest absolute Gasteiger partial charge is 0.652 e. The molecule has 1 N–H and O–H groups in total. The van der Waals surface area contributed by atoms with Crippen LogP contribution in [0, 0.1) is 0 Å². The Balaban J connectivity index is 0. The number of ether oxygens (including phenoxy) is 1. The monoisotopic (exact) mass is 414 g/mol. The van der Waals surface area contributed by atoms with Gasteiger partial charge in [-0.05, 0) is 48.1 Å². The minimum Gasteiger partial charge on any atom is -0.652 e. The topological polar surface area (TPSA) is 110 Å². The number of hydrogen-bond acceptors (Lipinski definition) is 5. The first-order chi connectivity index (χ1) is 10.9. The van der Waals surface area contributed by atoms with Crippen LogP contribution in [-0.4, -0.2) is 23.8 Å². The Hall–Kier alpha value is 0.543. The third kappa shape index (κ3) is 13.4. The molecule has 0 radical (unpaired) electrons. The van der Waals surface area contributed by atoms with Gasteiger partial charge in [0.1, 0.15) is 5.75 Å². The first kappa shape index (κ1) is 27.8. The zero-order valence-electron chi connectivity index (χ0n) is 13.9. The molecule has 0 spiro atoms. The molecule has 122 valence electrons. The summed E-state index contributed by atoms with van der Waals surface area (Å²) < 4.78 is 5.55. The molecule has 0 aliphatic carbocycles. The molecule has 2 aromatic carbocycles. The van der Waals surface area contributed by atoms with Crippen molar-refractivity contribution in [2.45, 2.75) is 6.42 Å². The van der Waals surface area contributed by atoms with Crippen LogP contribution in [0.25, 0.3) is 0 Å². The second-order valence-corrected chi connectivity index (χ2v) is 4.74. The van der Waals surface area contributed by atoms with Crippen LogP contribution in [0.5, 0.6) is 5.75 Å². The molecule has 0 bridgehead atoms. The Labute approximate surface area is 235 Å². The van der Waals surface area contributed by atoms with Crippen LogP contribution in [0.1, 0.15) is 15.9 Å². The third-order valence-electron chi connectivity index (χ3n) is 2.67. The number of carboxylic acid groups (broad SMARTS) is 3. The van der Waals surface area contributed by atoms with Crippen molar-refractivity contribution in [1.82, 2.24) is 0 Å². The maximum Gasteiger partial charge on any atom is 1.00 e. The van der Waals surface area contributed by atoms with Gasteiger partial charge in [0.2, 0.25) is 0 Å². The number of rotatable bonds is 5. The van der Waals surface area contributed by atoms with Gasteiger partial charge >= 0.3 is 109 Å². The summed E-state index contributed by atoms with van der Waals surface area (Å²) in [6, 6.07) is 14.0. The van der Waals surface area contributed by atoms with Crippen LogP contribution in [0.3, 0.4) is 0 Å². The molecular formula is C16H13ClK2O6. The number of carbonyl (C=O) groups excluding carboxylic acids is 1. The van der Waals surface area contributed by atoms with E-state index in [2.05, 4.69) is 0 Å². The first-order valence-electron chi connectivity index (χ1n) is 6.47. The molecular weight excluding hydrogens is 402 g/mol. The van der Waals surface area contributed by atoms with Crippen LogP contribution >= 0.6 is 11.6 Å². The summed E-state index contributed by atoms with van der Waals surface area (Å²) in [5.41, 5.74) is 1.40. The number of halogens is 1. The zero-order chi connectivity index (χ0) is 17.2. The van der Waals surface area contributed by atoms with Crippen LogP contribution in [0.4, 0.5) is 4.79 Å². The van der Waals surface area contributed by atoms with Gasteiger partial charge in [0.15, 0.2) is 0 Å². The summed E-state index contributed by atoms with van der Waals surface area (Å²) in [7, 11) is 0. The fraction of sp³-hybridized carbons (Fsp3) is 0.125. The molecule has 6 nitrogen and oxygen atoms in total. The molecule has 9 heteroatoms. The van der Waals surface area contributed by atoms with Gasteiger partial charge < -0.3 is 24.9 Å². The Morgan fingerprint density at radius 3 is 1.88 bits per heavy atom. The van der Waals surface area contributed by atoms with Gasteiger partial charge in [-0.15, -0.1) is 0 Å². The molecule has 0 unspecified atom stereocenters.